The van der Waals surface area contributed by atoms with Gasteiger partial charge in [-0.1, -0.05) is 12.1 Å². The van der Waals surface area contributed by atoms with Crippen LogP contribution in [0.3, 0.4) is 0 Å². The summed E-state index contributed by atoms with van der Waals surface area (Å²) >= 11 is 0. The monoisotopic (exact) mass is 557 g/mol. The Labute approximate surface area is 229 Å². The number of methoxy groups -OCH3 is 1. The first-order chi connectivity index (χ1) is 18.9. The van der Waals surface area contributed by atoms with Crippen molar-refractivity contribution in [3.05, 3.63) is 58.7 Å². The number of carbonyl (C=O) groups excluding carboxylic acids is 4. The molecule has 0 fully saturated rings. The standard InChI is InChI=1S/C24H27N5O7.C2H4O2/c1-4-35-24(29-22(32)16-8-7-15(34-3)10-17(16)23(29)33)21(31)28-11-14-6-5-13(20(25)26)9-18(14)36-12-19(30)27-2;1-2(3)4/h5-10,24H,4,11-12H2,1-3H3,(H3,25,26)(H,27,30)(H,28,31);1H3,(H,3,4). The van der Waals surface area contributed by atoms with Crippen molar-refractivity contribution in [2.24, 2.45) is 5.73 Å². The maximum absolute atomic E-state index is 13.1. The van der Waals surface area contributed by atoms with E-state index < -0.39 is 29.9 Å². The van der Waals surface area contributed by atoms with Gasteiger partial charge in [-0.25, -0.2) is 4.90 Å². The number of hydrogen-bond donors (Lipinski definition) is 5. The van der Waals surface area contributed by atoms with Gasteiger partial charge in [0.25, 0.3) is 29.6 Å². The number of imide groups is 1. The third-order valence-corrected chi connectivity index (χ3v) is 5.38. The smallest absolute Gasteiger partial charge is 0.300 e. The number of hydrogen-bond acceptors (Lipinski definition) is 9. The molecule has 1 aliphatic rings. The Morgan fingerprint density at radius 2 is 1.75 bits per heavy atom. The lowest BCUT2D eigenvalue weighted by molar-refractivity contribution is -0.140. The number of ether oxygens (including phenoxy) is 3. The average molecular weight is 558 g/mol. The fraction of sp³-hybridized carbons (Fsp3) is 0.308. The zero-order valence-electron chi connectivity index (χ0n) is 22.4. The Morgan fingerprint density at radius 1 is 1.10 bits per heavy atom. The summed E-state index contributed by atoms with van der Waals surface area (Å²) in [4.78, 5) is 60.4. The quantitative estimate of drug-likeness (QED) is 0.146. The van der Waals surface area contributed by atoms with Crippen LogP contribution in [0, 0.1) is 5.41 Å². The highest BCUT2D eigenvalue weighted by Crippen LogP contribution is 2.29. The number of nitrogens with zero attached hydrogens (tertiary/aromatic N) is 1. The number of carboxylic acids is 1. The Kier molecular flexibility index (Phi) is 11.1. The van der Waals surface area contributed by atoms with Gasteiger partial charge in [0.15, 0.2) is 6.61 Å². The number of aliphatic carboxylic acids is 1. The predicted molar refractivity (Wildman–Crippen MR) is 141 cm³/mol. The minimum Gasteiger partial charge on any atom is -0.497 e. The molecule has 1 unspecified atom stereocenters. The van der Waals surface area contributed by atoms with Gasteiger partial charge in [0.05, 0.1) is 18.2 Å². The van der Waals surface area contributed by atoms with E-state index in [2.05, 4.69) is 10.6 Å². The number of likely N-dealkylation sites (N-methyl/N-ethyl adjacent to an activating group) is 1. The first-order valence-electron chi connectivity index (χ1n) is 11.9. The van der Waals surface area contributed by atoms with Gasteiger partial charge in [0.1, 0.15) is 17.3 Å². The van der Waals surface area contributed by atoms with Crippen molar-refractivity contribution in [1.29, 1.82) is 5.41 Å². The Balaban J connectivity index is 0.00000131. The van der Waals surface area contributed by atoms with Crippen LogP contribution in [0.15, 0.2) is 36.4 Å². The van der Waals surface area contributed by atoms with Crippen LogP contribution in [0.5, 0.6) is 11.5 Å². The minimum absolute atomic E-state index is 0.0581. The Hall–Kier alpha value is -4.98. The van der Waals surface area contributed by atoms with Gasteiger partial charge in [0.2, 0.25) is 6.23 Å². The van der Waals surface area contributed by atoms with Crippen molar-refractivity contribution in [2.45, 2.75) is 26.6 Å². The third kappa shape index (κ3) is 7.77. The number of amides is 4. The first-order valence-corrected chi connectivity index (χ1v) is 11.9. The van der Waals surface area contributed by atoms with Crippen molar-refractivity contribution in [3.63, 3.8) is 0 Å². The molecule has 0 aliphatic carbocycles. The zero-order chi connectivity index (χ0) is 30.0. The highest BCUT2D eigenvalue weighted by molar-refractivity contribution is 6.22. The van der Waals surface area contributed by atoms with Crippen molar-refractivity contribution < 1.29 is 43.3 Å². The van der Waals surface area contributed by atoms with Crippen LogP contribution in [-0.4, -0.2) is 79.0 Å². The van der Waals surface area contributed by atoms with Gasteiger partial charge >= 0.3 is 0 Å². The summed E-state index contributed by atoms with van der Waals surface area (Å²) in [5.74, 6) is -2.86. The van der Waals surface area contributed by atoms with E-state index in [1.807, 2.05) is 0 Å². The molecule has 0 saturated heterocycles. The van der Waals surface area contributed by atoms with Crippen LogP contribution in [0.25, 0.3) is 0 Å². The lowest BCUT2D eigenvalue weighted by Crippen LogP contribution is -2.51. The first kappa shape index (κ1) is 31.2. The lowest BCUT2D eigenvalue weighted by atomic mass is 10.1. The van der Waals surface area contributed by atoms with E-state index in [9.17, 15) is 19.2 Å². The summed E-state index contributed by atoms with van der Waals surface area (Å²) in [5, 5.41) is 20.1. The van der Waals surface area contributed by atoms with Gasteiger partial charge < -0.3 is 35.7 Å². The molecule has 3 rings (SSSR count). The van der Waals surface area contributed by atoms with E-state index in [0.717, 1.165) is 11.8 Å². The van der Waals surface area contributed by atoms with E-state index in [1.54, 1.807) is 25.1 Å². The van der Waals surface area contributed by atoms with Crippen molar-refractivity contribution >= 4 is 35.4 Å². The summed E-state index contributed by atoms with van der Waals surface area (Å²) in [5.41, 5.74) is 6.64. The Bertz CT molecular complexity index is 1310. The Morgan fingerprint density at radius 3 is 2.33 bits per heavy atom. The van der Waals surface area contributed by atoms with Crippen molar-refractivity contribution in [1.82, 2.24) is 15.5 Å². The SMILES string of the molecule is CC(=O)O.CCOC(C(=O)NCc1ccc(C(=N)N)cc1OCC(=O)NC)N1C(=O)c2ccc(OC)cc2C1=O. The largest absolute Gasteiger partial charge is 0.497 e. The van der Waals surface area contributed by atoms with Crippen LogP contribution in [-0.2, 0) is 25.7 Å². The number of benzene rings is 2. The molecule has 0 aromatic heterocycles. The summed E-state index contributed by atoms with van der Waals surface area (Å²) in [6.45, 7) is 2.40. The van der Waals surface area contributed by atoms with E-state index in [-0.39, 0.29) is 48.4 Å². The molecule has 1 atom stereocenters. The number of nitrogens with two attached hydrogens (primary N) is 1. The molecule has 0 bridgehead atoms. The van der Waals surface area contributed by atoms with Crippen LogP contribution >= 0.6 is 0 Å². The summed E-state index contributed by atoms with van der Waals surface area (Å²) < 4.78 is 16.2. The van der Waals surface area contributed by atoms with Crippen molar-refractivity contribution in [3.8, 4) is 11.5 Å². The molecule has 2 aromatic rings. The van der Waals surface area contributed by atoms with Crippen molar-refractivity contribution in [2.75, 3.05) is 27.4 Å². The molecule has 14 nitrogen and oxygen atoms in total. The van der Waals surface area contributed by atoms with Gasteiger partial charge in [-0.15, -0.1) is 0 Å². The fourth-order valence-electron chi connectivity index (χ4n) is 3.49. The number of amidine groups is 1. The molecule has 40 heavy (non-hydrogen) atoms. The normalized spacial score (nSPS) is 12.4. The van der Waals surface area contributed by atoms with Crippen LogP contribution in [0.1, 0.15) is 45.7 Å². The molecular weight excluding hydrogens is 526 g/mol. The minimum atomic E-state index is -1.51. The van der Waals surface area contributed by atoms with E-state index in [1.165, 1.54) is 32.4 Å². The van der Waals surface area contributed by atoms with Gasteiger partial charge in [0, 0.05) is 38.2 Å². The van der Waals surface area contributed by atoms with Gasteiger partial charge in [-0.2, -0.15) is 0 Å². The third-order valence-electron chi connectivity index (χ3n) is 5.38. The topological polar surface area (TPSA) is 210 Å². The molecule has 14 heteroatoms. The number of nitrogens with one attached hydrogen (secondary N) is 3. The number of carboxylic acid groups (broad SMARTS) is 1. The second-order valence-electron chi connectivity index (χ2n) is 8.13. The molecule has 1 heterocycles. The second kappa shape index (κ2) is 14.2. The van der Waals surface area contributed by atoms with E-state index in [4.69, 9.17) is 35.3 Å². The number of rotatable bonds is 11. The number of nitrogen functional groups attached to an aromatic ring is 1. The maximum atomic E-state index is 13.1. The molecule has 214 valence electrons. The van der Waals surface area contributed by atoms with E-state index in [0.29, 0.717) is 16.9 Å². The van der Waals surface area contributed by atoms with Crippen LogP contribution in [0.4, 0.5) is 0 Å². The molecule has 2 aromatic carbocycles. The molecule has 6 N–H and O–H groups in total. The summed E-state index contributed by atoms with van der Waals surface area (Å²) in [6, 6.07) is 9.07. The fourth-order valence-corrected chi connectivity index (χ4v) is 3.49. The highest BCUT2D eigenvalue weighted by atomic mass is 16.5. The molecule has 0 spiro atoms. The highest BCUT2D eigenvalue weighted by Gasteiger charge is 2.43. The zero-order valence-corrected chi connectivity index (χ0v) is 22.4. The maximum Gasteiger partial charge on any atom is 0.300 e. The number of fused-ring (bicyclic) bond motifs is 1. The van der Waals surface area contributed by atoms with Gasteiger partial charge in [-0.05, 0) is 31.2 Å². The average Bonchev–Trinajstić information content (AvgIpc) is 3.17. The molecule has 0 saturated carbocycles. The molecule has 1 aliphatic heterocycles. The molecular formula is C26H31N5O9. The second-order valence-corrected chi connectivity index (χ2v) is 8.13. The number of carbonyl (C=O) groups is 5. The van der Waals surface area contributed by atoms with Gasteiger partial charge in [-0.3, -0.25) is 29.4 Å². The lowest BCUT2D eigenvalue weighted by Gasteiger charge is -2.25. The van der Waals surface area contributed by atoms with E-state index >= 15 is 0 Å². The predicted octanol–water partition coefficient (Wildman–Crippen LogP) is 0.470. The summed E-state index contributed by atoms with van der Waals surface area (Å²) in [7, 11) is 2.90. The van der Waals surface area contributed by atoms with Crippen LogP contribution < -0.4 is 25.8 Å². The molecule has 4 amide bonds. The summed E-state index contributed by atoms with van der Waals surface area (Å²) in [6.07, 6.45) is -1.51. The van der Waals surface area contributed by atoms with Crippen LogP contribution in [0.2, 0.25) is 0 Å². The molecule has 0 radical (unpaired) electrons.